The third-order valence-electron chi connectivity index (χ3n) is 5.04. The number of nitrogens with zero attached hydrogens (tertiary/aromatic N) is 1. The molecule has 30 heavy (non-hydrogen) atoms. The first kappa shape index (κ1) is 19.5. The van der Waals surface area contributed by atoms with E-state index in [0.717, 1.165) is 45.0 Å². The lowest BCUT2D eigenvalue weighted by Gasteiger charge is -2.22. The highest BCUT2D eigenvalue weighted by Gasteiger charge is 2.23. The Morgan fingerprint density at radius 3 is 2.63 bits per heavy atom. The molecule has 0 saturated carbocycles. The van der Waals surface area contributed by atoms with E-state index in [4.69, 9.17) is 4.74 Å². The van der Waals surface area contributed by atoms with E-state index in [2.05, 4.69) is 20.6 Å². The lowest BCUT2D eigenvalue weighted by atomic mass is 9.98. The maximum absolute atomic E-state index is 11.6. The lowest BCUT2D eigenvalue weighted by molar-refractivity contribution is -0.114. The van der Waals surface area contributed by atoms with E-state index in [9.17, 15) is 4.79 Å². The lowest BCUT2D eigenvalue weighted by Crippen LogP contribution is -2.15. The zero-order valence-electron chi connectivity index (χ0n) is 17.2. The van der Waals surface area contributed by atoms with Gasteiger partial charge in [-0.15, -0.1) is 0 Å². The van der Waals surface area contributed by atoms with Crippen LogP contribution in [-0.2, 0) is 4.79 Å². The number of pyridine rings is 1. The Balaban J connectivity index is 1.87. The summed E-state index contributed by atoms with van der Waals surface area (Å²) in [5.74, 6) is 0.659. The number of carbonyl (C=O) groups is 1. The Bertz CT molecular complexity index is 1180. The highest BCUT2D eigenvalue weighted by molar-refractivity contribution is 5.94. The number of H-pyrrole nitrogens is 1. The van der Waals surface area contributed by atoms with Crippen LogP contribution in [0.5, 0.6) is 5.75 Å². The number of carbonyl (C=O) groups excluding carboxylic acids is 1. The van der Waals surface area contributed by atoms with Gasteiger partial charge in [0.2, 0.25) is 5.91 Å². The number of aryl methyl sites for hydroxylation is 1. The second-order valence-electron chi connectivity index (χ2n) is 7.14. The van der Waals surface area contributed by atoms with E-state index in [1.165, 1.54) is 6.92 Å². The summed E-state index contributed by atoms with van der Waals surface area (Å²) in [5.41, 5.74) is 5.62. The van der Waals surface area contributed by atoms with E-state index in [-0.39, 0.29) is 11.9 Å². The number of benzene rings is 2. The molecule has 0 fully saturated rings. The molecule has 0 aliphatic rings. The van der Waals surface area contributed by atoms with Crippen molar-refractivity contribution in [2.24, 2.45) is 0 Å². The van der Waals surface area contributed by atoms with Gasteiger partial charge in [-0.25, -0.2) is 0 Å². The molecule has 152 valence electrons. The Hall–Kier alpha value is -3.80. The molecule has 0 spiro atoms. The van der Waals surface area contributed by atoms with Crippen molar-refractivity contribution in [2.45, 2.75) is 19.9 Å². The Kier molecular flexibility index (Phi) is 5.39. The number of methoxy groups -OCH3 is 1. The second-order valence-corrected chi connectivity index (χ2v) is 7.14. The highest BCUT2D eigenvalue weighted by Crippen LogP contribution is 2.37. The van der Waals surface area contributed by atoms with Crippen molar-refractivity contribution >= 4 is 28.2 Å². The third-order valence-corrected chi connectivity index (χ3v) is 5.04. The van der Waals surface area contributed by atoms with Crippen LogP contribution in [0.15, 0.2) is 66.9 Å². The smallest absolute Gasteiger partial charge is 0.221 e. The van der Waals surface area contributed by atoms with Crippen LogP contribution in [0.3, 0.4) is 0 Å². The average Bonchev–Trinajstić information content (AvgIpc) is 3.07. The number of aromatic amines is 1. The van der Waals surface area contributed by atoms with Crippen LogP contribution in [-0.4, -0.2) is 23.0 Å². The van der Waals surface area contributed by atoms with Gasteiger partial charge in [0, 0.05) is 41.0 Å². The number of amides is 1. The molecule has 1 atom stereocenters. The van der Waals surface area contributed by atoms with Crippen LogP contribution in [0, 0.1) is 6.92 Å². The maximum Gasteiger partial charge on any atom is 0.221 e. The van der Waals surface area contributed by atoms with Gasteiger partial charge in [0.05, 0.1) is 24.5 Å². The van der Waals surface area contributed by atoms with Crippen LogP contribution < -0.4 is 15.4 Å². The van der Waals surface area contributed by atoms with Crippen molar-refractivity contribution in [3.05, 3.63) is 83.8 Å². The predicted molar refractivity (Wildman–Crippen MR) is 120 cm³/mol. The molecule has 4 aromatic rings. The number of hydrogen-bond donors (Lipinski definition) is 3. The normalized spacial score (nSPS) is 11.8. The molecule has 6 heteroatoms. The number of anilines is 2. The molecule has 2 heterocycles. The molecule has 0 unspecified atom stereocenters. The van der Waals surface area contributed by atoms with E-state index >= 15 is 0 Å². The number of hydrogen-bond acceptors (Lipinski definition) is 4. The molecular weight excluding hydrogens is 376 g/mol. The van der Waals surface area contributed by atoms with Gasteiger partial charge in [-0.3, -0.25) is 9.78 Å². The van der Waals surface area contributed by atoms with Gasteiger partial charge in [0.25, 0.3) is 0 Å². The zero-order chi connectivity index (χ0) is 21.1. The molecular formula is C24H24N4O2. The van der Waals surface area contributed by atoms with Crippen LogP contribution >= 0.6 is 0 Å². The number of fused-ring (bicyclic) bond motifs is 1. The van der Waals surface area contributed by atoms with Gasteiger partial charge in [0.15, 0.2) is 0 Å². The van der Waals surface area contributed by atoms with Gasteiger partial charge < -0.3 is 20.4 Å². The molecule has 0 saturated heterocycles. The minimum Gasteiger partial charge on any atom is -0.495 e. The monoisotopic (exact) mass is 400 g/mol. The Morgan fingerprint density at radius 2 is 1.90 bits per heavy atom. The summed E-state index contributed by atoms with van der Waals surface area (Å²) in [4.78, 5) is 19.6. The number of rotatable bonds is 6. The van der Waals surface area contributed by atoms with Gasteiger partial charge in [-0.05, 0) is 49.4 Å². The summed E-state index contributed by atoms with van der Waals surface area (Å²) >= 11 is 0. The SMILES string of the molecule is COc1ccccc1N[C@H](c1ccccn1)c1c(C)[nH]c2ccc(NC(C)=O)cc12. The standard InChI is InChI=1S/C24H24N4O2/c1-15-23(18-14-17(27-16(2)29)11-12-19(18)26-15)24(21-9-6-7-13-25-21)28-20-8-4-5-10-22(20)30-3/h4-14,24,26,28H,1-3H3,(H,27,29)/t24-/m1/s1. The largest absolute Gasteiger partial charge is 0.495 e. The number of ether oxygens (including phenoxy) is 1. The third kappa shape index (κ3) is 3.85. The number of para-hydroxylation sites is 2. The van der Waals surface area contributed by atoms with Crippen molar-refractivity contribution in [1.29, 1.82) is 0 Å². The van der Waals surface area contributed by atoms with Crippen molar-refractivity contribution in [3.8, 4) is 5.75 Å². The van der Waals surface area contributed by atoms with E-state index < -0.39 is 0 Å². The van der Waals surface area contributed by atoms with E-state index in [0.29, 0.717) is 0 Å². The van der Waals surface area contributed by atoms with Gasteiger partial charge >= 0.3 is 0 Å². The van der Waals surface area contributed by atoms with Crippen LogP contribution in [0.25, 0.3) is 10.9 Å². The minimum atomic E-state index is -0.219. The fourth-order valence-electron chi connectivity index (χ4n) is 3.76. The van der Waals surface area contributed by atoms with Gasteiger partial charge in [-0.1, -0.05) is 18.2 Å². The minimum absolute atomic E-state index is 0.100. The molecule has 3 N–H and O–H groups in total. The van der Waals surface area contributed by atoms with E-state index in [1.807, 2.05) is 67.6 Å². The topological polar surface area (TPSA) is 79.0 Å². The molecule has 0 aliphatic carbocycles. The molecule has 2 aromatic heterocycles. The predicted octanol–water partition coefficient (Wildman–Crippen LogP) is 5.04. The summed E-state index contributed by atoms with van der Waals surface area (Å²) in [6.07, 6.45) is 1.79. The average molecular weight is 400 g/mol. The first-order valence-corrected chi connectivity index (χ1v) is 9.77. The molecule has 1 amide bonds. The zero-order valence-corrected chi connectivity index (χ0v) is 17.2. The van der Waals surface area contributed by atoms with Crippen molar-refractivity contribution in [1.82, 2.24) is 9.97 Å². The van der Waals surface area contributed by atoms with Crippen molar-refractivity contribution < 1.29 is 9.53 Å². The van der Waals surface area contributed by atoms with E-state index in [1.54, 1.807) is 13.3 Å². The fraction of sp³-hybridized carbons (Fsp3) is 0.167. The molecule has 0 bridgehead atoms. The first-order valence-electron chi connectivity index (χ1n) is 9.77. The van der Waals surface area contributed by atoms with Crippen LogP contribution in [0.2, 0.25) is 0 Å². The second kappa shape index (κ2) is 8.29. The molecule has 0 radical (unpaired) electrons. The van der Waals surface area contributed by atoms with Gasteiger partial charge in [-0.2, -0.15) is 0 Å². The van der Waals surface area contributed by atoms with Crippen molar-refractivity contribution in [2.75, 3.05) is 17.7 Å². The summed E-state index contributed by atoms with van der Waals surface area (Å²) < 4.78 is 5.54. The molecule has 4 rings (SSSR count). The summed E-state index contributed by atoms with van der Waals surface area (Å²) in [5, 5.41) is 7.51. The van der Waals surface area contributed by atoms with Crippen LogP contribution in [0.4, 0.5) is 11.4 Å². The maximum atomic E-state index is 11.6. The van der Waals surface area contributed by atoms with Crippen molar-refractivity contribution in [3.63, 3.8) is 0 Å². The molecule has 2 aromatic carbocycles. The Morgan fingerprint density at radius 1 is 1.10 bits per heavy atom. The summed E-state index contributed by atoms with van der Waals surface area (Å²) in [6, 6.07) is 19.4. The first-order chi connectivity index (χ1) is 14.6. The number of nitrogens with one attached hydrogen (secondary N) is 3. The Labute approximate surface area is 175 Å². The summed E-state index contributed by atoms with van der Waals surface area (Å²) in [7, 11) is 1.66. The quantitative estimate of drug-likeness (QED) is 0.424. The van der Waals surface area contributed by atoms with Crippen LogP contribution in [0.1, 0.15) is 29.9 Å². The fourth-order valence-corrected chi connectivity index (χ4v) is 3.76. The summed E-state index contributed by atoms with van der Waals surface area (Å²) in [6.45, 7) is 3.56. The highest BCUT2D eigenvalue weighted by atomic mass is 16.5. The molecule has 0 aliphatic heterocycles. The number of aromatic nitrogens is 2. The van der Waals surface area contributed by atoms with Gasteiger partial charge in [0.1, 0.15) is 5.75 Å². The molecule has 6 nitrogen and oxygen atoms in total.